The Hall–Kier alpha value is -2.08. The normalized spacial score (nSPS) is 27.3. The van der Waals surface area contributed by atoms with Crippen LogP contribution in [0.25, 0.3) is 0 Å². The quantitative estimate of drug-likeness (QED) is 0.763. The summed E-state index contributed by atoms with van der Waals surface area (Å²) in [6.07, 6.45) is 7.24. The lowest BCUT2D eigenvalue weighted by molar-refractivity contribution is -0.114. The average Bonchev–Trinajstić information content (AvgIpc) is 3.50. The van der Waals surface area contributed by atoms with Gasteiger partial charge in [0, 0.05) is 18.2 Å². The molecule has 144 valence electrons. The maximum absolute atomic E-state index is 12.8. The maximum Gasteiger partial charge on any atom is 0.300 e. The molecule has 0 spiro atoms. The van der Waals surface area contributed by atoms with Gasteiger partial charge in [-0.05, 0) is 50.5 Å². The second kappa shape index (κ2) is 6.51. The second-order valence-electron chi connectivity index (χ2n) is 8.38. The summed E-state index contributed by atoms with van der Waals surface area (Å²) >= 11 is 0. The van der Waals surface area contributed by atoms with E-state index >= 15 is 0 Å². The van der Waals surface area contributed by atoms with Gasteiger partial charge in [0.15, 0.2) is 11.5 Å². The molecule has 5 rings (SSSR count). The first-order valence-electron chi connectivity index (χ1n) is 10.2. The van der Waals surface area contributed by atoms with E-state index in [1.807, 2.05) is 0 Å². The summed E-state index contributed by atoms with van der Waals surface area (Å²) in [6, 6.07) is 4.54. The van der Waals surface area contributed by atoms with E-state index in [-0.39, 0.29) is 0 Å². The lowest BCUT2D eigenvalue weighted by Crippen LogP contribution is -2.48. The molecule has 2 saturated carbocycles. The van der Waals surface area contributed by atoms with Crippen LogP contribution in [0.2, 0.25) is 0 Å². The van der Waals surface area contributed by atoms with Gasteiger partial charge < -0.3 is 9.47 Å². The molecule has 0 atom stereocenters. The second-order valence-corrected chi connectivity index (χ2v) is 8.38. The van der Waals surface area contributed by atoms with Gasteiger partial charge in [-0.25, -0.2) is 0 Å². The van der Waals surface area contributed by atoms with Crippen LogP contribution in [-0.2, 0) is 4.79 Å². The molecule has 6 heteroatoms. The molecule has 0 aromatic heterocycles. The molecule has 1 amide bonds. The van der Waals surface area contributed by atoms with Crippen LogP contribution in [0.15, 0.2) is 12.1 Å². The summed E-state index contributed by atoms with van der Waals surface area (Å²) in [5, 5.41) is 0. The molecule has 0 bridgehead atoms. The molecular weight excluding hydrogens is 344 g/mol. The summed E-state index contributed by atoms with van der Waals surface area (Å²) < 4.78 is 11.3. The van der Waals surface area contributed by atoms with Crippen molar-refractivity contribution >= 4 is 17.4 Å². The van der Waals surface area contributed by atoms with E-state index in [1.54, 1.807) is 17.0 Å². The van der Waals surface area contributed by atoms with Crippen LogP contribution in [0.5, 0.6) is 11.5 Å². The van der Waals surface area contributed by atoms with E-state index in [0.717, 1.165) is 5.92 Å². The van der Waals surface area contributed by atoms with E-state index < -0.39 is 11.7 Å². The standard InChI is InChI=1S/C21H26N2O4/c1-13-2-4-14(5-3-13)22(15-6-7-15)12-23-17-11-19-18(26-8-9-27-19)10-16(17)20(24)21(23)25/h10-11,13-15H,2-9,12H2,1H3. The zero-order valence-corrected chi connectivity index (χ0v) is 15.8. The smallest absolute Gasteiger partial charge is 0.300 e. The number of hydrogen-bond acceptors (Lipinski definition) is 5. The predicted octanol–water partition coefficient (Wildman–Crippen LogP) is 2.99. The van der Waals surface area contributed by atoms with Crippen LogP contribution in [0.4, 0.5) is 5.69 Å². The molecule has 4 aliphatic rings. The number of anilines is 1. The number of hydrogen-bond donors (Lipinski definition) is 0. The number of carbonyl (C=O) groups is 2. The van der Waals surface area contributed by atoms with Crippen LogP contribution < -0.4 is 14.4 Å². The molecule has 6 nitrogen and oxygen atoms in total. The number of Topliss-reactive ketones (excluding diaryl/α,β-unsaturated/α-hetero) is 1. The van der Waals surface area contributed by atoms with E-state index in [2.05, 4.69) is 11.8 Å². The van der Waals surface area contributed by atoms with Crippen molar-refractivity contribution in [1.29, 1.82) is 0 Å². The van der Waals surface area contributed by atoms with Gasteiger partial charge >= 0.3 is 5.91 Å². The highest BCUT2D eigenvalue weighted by Crippen LogP contribution is 2.42. The van der Waals surface area contributed by atoms with Gasteiger partial charge in [0.1, 0.15) is 13.2 Å². The molecule has 0 radical (unpaired) electrons. The van der Waals surface area contributed by atoms with Gasteiger partial charge in [-0.2, -0.15) is 0 Å². The molecule has 2 aliphatic heterocycles. The lowest BCUT2D eigenvalue weighted by Gasteiger charge is -2.38. The summed E-state index contributed by atoms with van der Waals surface area (Å²) in [4.78, 5) is 29.5. The van der Waals surface area contributed by atoms with Gasteiger partial charge in [-0.3, -0.25) is 19.4 Å². The summed E-state index contributed by atoms with van der Waals surface area (Å²) in [6.45, 7) is 3.78. The lowest BCUT2D eigenvalue weighted by atomic mass is 9.86. The van der Waals surface area contributed by atoms with Crippen molar-refractivity contribution in [2.45, 2.75) is 57.5 Å². The fourth-order valence-corrected chi connectivity index (χ4v) is 4.64. The highest BCUT2D eigenvalue weighted by molar-refractivity contribution is 6.52. The first-order valence-corrected chi connectivity index (χ1v) is 10.2. The van der Waals surface area contributed by atoms with Crippen molar-refractivity contribution in [2.75, 3.05) is 24.8 Å². The topological polar surface area (TPSA) is 59.1 Å². The Balaban J connectivity index is 1.43. The van der Waals surface area contributed by atoms with Crippen LogP contribution >= 0.6 is 0 Å². The van der Waals surface area contributed by atoms with Crippen molar-refractivity contribution in [3.8, 4) is 11.5 Å². The van der Waals surface area contributed by atoms with Crippen LogP contribution in [-0.4, -0.2) is 48.6 Å². The molecule has 2 fully saturated rings. The van der Waals surface area contributed by atoms with Crippen LogP contribution in [0, 0.1) is 5.92 Å². The minimum atomic E-state index is -0.435. The molecule has 1 aromatic rings. The number of ketones is 1. The molecule has 0 unspecified atom stereocenters. The summed E-state index contributed by atoms with van der Waals surface area (Å²) in [7, 11) is 0. The third-order valence-electron chi connectivity index (χ3n) is 6.41. The SMILES string of the molecule is CC1CCC(N(CN2C(=O)C(=O)c3cc4c(cc32)OCCO4)C2CC2)CC1. The minimum absolute atomic E-state index is 0.429. The van der Waals surface area contributed by atoms with E-state index in [1.165, 1.54) is 38.5 Å². The summed E-state index contributed by atoms with van der Waals surface area (Å²) in [5.74, 6) is 1.11. The van der Waals surface area contributed by atoms with Gasteiger partial charge in [0.25, 0.3) is 5.78 Å². The molecule has 0 N–H and O–H groups in total. The Labute approximate surface area is 159 Å². The zero-order chi connectivity index (χ0) is 18.5. The van der Waals surface area contributed by atoms with E-state index in [4.69, 9.17) is 9.47 Å². The monoisotopic (exact) mass is 370 g/mol. The van der Waals surface area contributed by atoms with Gasteiger partial charge in [0.2, 0.25) is 0 Å². The van der Waals surface area contributed by atoms with Gasteiger partial charge in [0.05, 0.1) is 17.9 Å². The van der Waals surface area contributed by atoms with Crippen molar-refractivity contribution in [2.24, 2.45) is 5.92 Å². The van der Waals surface area contributed by atoms with E-state index in [0.29, 0.717) is 54.7 Å². The molecule has 1 aromatic carbocycles. The average molecular weight is 370 g/mol. The number of rotatable bonds is 4. The Bertz CT molecular complexity index is 781. The van der Waals surface area contributed by atoms with Crippen molar-refractivity contribution < 1.29 is 19.1 Å². The van der Waals surface area contributed by atoms with Crippen molar-refractivity contribution in [3.63, 3.8) is 0 Å². The van der Waals surface area contributed by atoms with Crippen molar-refractivity contribution in [3.05, 3.63) is 17.7 Å². The Kier molecular flexibility index (Phi) is 4.11. The first kappa shape index (κ1) is 17.0. The van der Waals surface area contributed by atoms with Crippen molar-refractivity contribution in [1.82, 2.24) is 4.90 Å². The first-order chi connectivity index (χ1) is 13.1. The molecule has 27 heavy (non-hydrogen) atoms. The number of fused-ring (bicyclic) bond motifs is 2. The third kappa shape index (κ3) is 3.00. The number of carbonyl (C=O) groups excluding carboxylic acids is 2. The van der Waals surface area contributed by atoms with E-state index in [9.17, 15) is 9.59 Å². The largest absolute Gasteiger partial charge is 0.486 e. The zero-order valence-electron chi connectivity index (χ0n) is 15.8. The highest BCUT2D eigenvalue weighted by Gasteiger charge is 2.42. The van der Waals surface area contributed by atoms with Crippen LogP contribution in [0.3, 0.4) is 0 Å². The molecular formula is C21H26N2O4. The maximum atomic E-state index is 12.8. The Morgan fingerprint density at radius 1 is 0.963 bits per heavy atom. The van der Waals surface area contributed by atoms with Gasteiger partial charge in [-0.15, -0.1) is 0 Å². The number of amides is 1. The number of nitrogens with zero attached hydrogens (tertiary/aromatic N) is 2. The Morgan fingerprint density at radius 2 is 1.56 bits per heavy atom. The molecule has 2 heterocycles. The third-order valence-corrected chi connectivity index (χ3v) is 6.41. The molecule has 0 saturated heterocycles. The fourth-order valence-electron chi connectivity index (χ4n) is 4.64. The fraction of sp³-hybridized carbons (Fsp3) is 0.619. The number of ether oxygens (including phenoxy) is 2. The van der Waals surface area contributed by atoms with Gasteiger partial charge in [-0.1, -0.05) is 6.92 Å². The van der Waals surface area contributed by atoms with Crippen LogP contribution in [0.1, 0.15) is 55.8 Å². The predicted molar refractivity (Wildman–Crippen MR) is 100 cm³/mol. The minimum Gasteiger partial charge on any atom is -0.486 e. The number of benzene rings is 1. The molecule has 2 aliphatic carbocycles. The Morgan fingerprint density at radius 3 is 2.19 bits per heavy atom. The summed E-state index contributed by atoms with van der Waals surface area (Å²) in [5.41, 5.74) is 1.11. The highest BCUT2D eigenvalue weighted by atomic mass is 16.6.